The van der Waals surface area contributed by atoms with Crippen molar-refractivity contribution in [3.05, 3.63) is 73.4 Å². The van der Waals surface area contributed by atoms with Crippen LogP contribution in [-0.2, 0) is 0 Å². The quantitative estimate of drug-likeness (QED) is 0.458. The number of halogens is 1. The number of allylic oxidation sites excluding steroid dienone is 1. The summed E-state index contributed by atoms with van der Waals surface area (Å²) in [7, 11) is 0. The number of rotatable bonds is 2. The molecule has 0 aliphatic carbocycles. The molecule has 5 rings (SSSR count). The number of aromatic nitrogens is 4. The van der Waals surface area contributed by atoms with E-state index in [1.54, 1.807) is 17.5 Å². The van der Waals surface area contributed by atoms with Gasteiger partial charge < -0.3 is 5.32 Å². The number of anilines is 1. The van der Waals surface area contributed by atoms with Crippen LogP contribution in [0.25, 0.3) is 21.6 Å². The molecule has 4 heterocycles. The largest absolute Gasteiger partial charge is 0.349 e. The fourth-order valence-corrected chi connectivity index (χ4v) is 4.62. The molecule has 0 spiro atoms. The maximum atomic E-state index is 7.86. The first-order chi connectivity index (χ1) is 12.8. The van der Waals surface area contributed by atoms with Gasteiger partial charge in [0.2, 0.25) is 5.70 Å². The van der Waals surface area contributed by atoms with Crippen LogP contribution >= 0.6 is 27.3 Å². The zero-order chi connectivity index (χ0) is 17.7. The fraction of sp³-hybridized carbons (Fsp3) is 0.0588. The molecule has 0 saturated heterocycles. The smallest absolute Gasteiger partial charge is 0.201 e. The zero-order valence-corrected chi connectivity index (χ0v) is 15.4. The van der Waals surface area contributed by atoms with Crippen LogP contribution in [0.3, 0.4) is 0 Å². The van der Waals surface area contributed by atoms with Gasteiger partial charge in [0, 0.05) is 10.4 Å². The Kier molecular flexibility index (Phi) is 3.41. The van der Waals surface area contributed by atoms with Crippen LogP contribution in [0.15, 0.2) is 50.6 Å². The van der Waals surface area contributed by atoms with Gasteiger partial charge in [-0.05, 0) is 50.0 Å². The maximum absolute atomic E-state index is 7.86. The standard InChI is InChI=1S/C17H9BrN6OS/c1-19-16-13(8-3-2-4-10-14(8)24-25-23-10)9-7-20-22-17(9)21-15(16)11-5-6-12(18)26-11/h2-7,13H,(H2,20,21,22). The summed E-state index contributed by atoms with van der Waals surface area (Å²) >= 11 is 5.06. The lowest BCUT2D eigenvalue weighted by molar-refractivity contribution is 0.315. The summed E-state index contributed by atoms with van der Waals surface area (Å²) in [5, 5.41) is 18.5. The molecule has 26 heavy (non-hydrogen) atoms. The van der Waals surface area contributed by atoms with E-state index in [2.05, 4.69) is 46.6 Å². The van der Waals surface area contributed by atoms with Crippen molar-refractivity contribution in [1.82, 2.24) is 20.5 Å². The number of fused-ring (bicyclic) bond motifs is 2. The molecule has 4 aromatic rings. The molecule has 9 heteroatoms. The molecule has 126 valence electrons. The lowest BCUT2D eigenvalue weighted by Crippen LogP contribution is -2.16. The highest BCUT2D eigenvalue weighted by molar-refractivity contribution is 9.11. The molecule has 1 aliphatic heterocycles. The number of nitrogens with one attached hydrogen (secondary N) is 2. The molecule has 1 aliphatic rings. The Hall–Kier alpha value is -2.96. The van der Waals surface area contributed by atoms with Gasteiger partial charge in [0.15, 0.2) is 0 Å². The average molecular weight is 425 g/mol. The molecule has 0 bridgehead atoms. The van der Waals surface area contributed by atoms with Crippen LogP contribution in [0.5, 0.6) is 0 Å². The van der Waals surface area contributed by atoms with E-state index >= 15 is 0 Å². The number of H-pyrrole nitrogens is 1. The lowest BCUT2D eigenvalue weighted by atomic mass is 9.86. The SMILES string of the molecule is [C-]#[N+]C1=C(c2ccc(Br)s2)Nc2[nH]ncc2C1c1cccc2nonc12. The summed E-state index contributed by atoms with van der Waals surface area (Å²) in [5.41, 5.74) is 4.43. The van der Waals surface area contributed by atoms with E-state index in [0.717, 1.165) is 31.3 Å². The first-order valence-electron chi connectivity index (χ1n) is 7.65. The van der Waals surface area contributed by atoms with Gasteiger partial charge in [-0.25, -0.2) is 9.47 Å². The number of hydrogen-bond donors (Lipinski definition) is 2. The van der Waals surface area contributed by atoms with Crippen molar-refractivity contribution in [3.8, 4) is 0 Å². The second-order valence-corrected chi connectivity index (χ2v) is 8.18. The van der Waals surface area contributed by atoms with Crippen LogP contribution in [0, 0.1) is 6.57 Å². The number of nitrogens with zero attached hydrogens (tertiary/aromatic N) is 4. The Morgan fingerprint density at radius 3 is 2.92 bits per heavy atom. The summed E-state index contributed by atoms with van der Waals surface area (Å²) in [4.78, 5) is 4.85. The van der Waals surface area contributed by atoms with Gasteiger partial charge >= 0.3 is 0 Å². The maximum Gasteiger partial charge on any atom is 0.201 e. The Morgan fingerprint density at radius 1 is 1.19 bits per heavy atom. The van der Waals surface area contributed by atoms with Gasteiger partial charge in [0.05, 0.1) is 28.2 Å². The number of hydrogen-bond acceptors (Lipinski definition) is 6. The molecule has 0 fully saturated rings. The molecule has 3 aromatic heterocycles. The van der Waals surface area contributed by atoms with Gasteiger partial charge in [-0.3, -0.25) is 5.10 Å². The van der Waals surface area contributed by atoms with Gasteiger partial charge in [0.1, 0.15) is 16.9 Å². The second-order valence-electron chi connectivity index (χ2n) is 5.71. The Labute approximate surface area is 159 Å². The minimum atomic E-state index is -0.311. The predicted molar refractivity (Wildman–Crippen MR) is 101 cm³/mol. The molecule has 2 N–H and O–H groups in total. The third-order valence-electron chi connectivity index (χ3n) is 4.33. The first kappa shape index (κ1) is 15.3. The third kappa shape index (κ3) is 2.20. The molecule has 1 aromatic carbocycles. The first-order valence-corrected chi connectivity index (χ1v) is 9.26. The highest BCUT2D eigenvalue weighted by Gasteiger charge is 2.34. The molecule has 7 nitrogen and oxygen atoms in total. The Bertz CT molecular complexity index is 1210. The minimum Gasteiger partial charge on any atom is -0.349 e. The molecule has 1 atom stereocenters. The summed E-state index contributed by atoms with van der Waals surface area (Å²) < 4.78 is 5.91. The topological polar surface area (TPSA) is 84.0 Å². The van der Waals surface area contributed by atoms with E-state index in [1.165, 1.54) is 0 Å². The van der Waals surface area contributed by atoms with Crippen molar-refractivity contribution in [2.24, 2.45) is 0 Å². The van der Waals surface area contributed by atoms with Crippen LogP contribution < -0.4 is 5.32 Å². The van der Waals surface area contributed by atoms with Crippen molar-refractivity contribution in [2.75, 3.05) is 5.32 Å². The van der Waals surface area contributed by atoms with Crippen LogP contribution in [0.4, 0.5) is 5.82 Å². The van der Waals surface area contributed by atoms with E-state index in [-0.39, 0.29) is 5.92 Å². The summed E-state index contributed by atoms with van der Waals surface area (Å²) in [6, 6.07) is 9.64. The molecule has 0 amide bonds. The highest BCUT2D eigenvalue weighted by atomic mass is 79.9. The van der Waals surface area contributed by atoms with Crippen LogP contribution in [-0.4, -0.2) is 20.5 Å². The molecule has 0 saturated carbocycles. The second kappa shape index (κ2) is 5.79. The summed E-state index contributed by atoms with van der Waals surface area (Å²) in [6.07, 6.45) is 1.74. The Morgan fingerprint density at radius 2 is 2.12 bits per heavy atom. The fourth-order valence-electron chi connectivity index (χ4n) is 3.23. The van der Waals surface area contributed by atoms with E-state index in [4.69, 9.17) is 11.2 Å². The summed E-state index contributed by atoms with van der Waals surface area (Å²) in [5.74, 6) is 0.462. The highest BCUT2D eigenvalue weighted by Crippen LogP contribution is 2.46. The predicted octanol–water partition coefficient (Wildman–Crippen LogP) is 4.62. The van der Waals surface area contributed by atoms with Gasteiger partial charge in [0.25, 0.3) is 0 Å². The van der Waals surface area contributed by atoms with Gasteiger partial charge in [-0.15, -0.1) is 11.3 Å². The molecule has 1 unspecified atom stereocenters. The lowest BCUT2D eigenvalue weighted by Gasteiger charge is -2.25. The van der Waals surface area contributed by atoms with Crippen molar-refractivity contribution in [1.29, 1.82) is 0 Å². The monoisotopic (exact) mass is 424 g/mol. The molecule has 0 radical (unpaired) electrons. The Balaban J connectivity index is 1.80. The molecular formula is C17H9BrN6OS. The number of benzene rings is 1. The van der Waals surface area contributed by atoms with Crippen molar-refractivity contribution < 1.29 is 4.63 Å². The van der Waals surface area contributed by atoms with Gasteiger partial charge in [-0.1, -0.05) is 12.1 Å². The zero-order valence-electron chi connectivity index (χ0n) is 13.0. The van der Waals surface area contributed by atoms with E-state index in [1.807, 2.05) is 30.3 Å². The number of thiophene rings is 1. The van der Waals surface area contributed by atoms with E-state index in [0.29, 0.717) is 16.7 Å². The third-order valence-corrected chi connectivity index (χ3v) is 5.97. The van der Waals surface area contributed by atoms with Gasteiger partial charge in [-0.2, -0.15) is 5.10 Å². The van der Waals surface area contributed by atoms with Crippen molar-refractivity contribution >= 4 is 49.8 Å². The average Bonchev–Trinajstić information content (AvgIpc) is 3.39. The van der Waals surface area contributed by atoms with Crippen LogP contribution in [0.2, 0.25) is 0 Å². The van der Waals surface area contributed by atoms with Crippen LogP contribution in [0.1, 0.15) is 21.9 Å². The van der Waals surface area contributed by atoms with Crippen molar-refractivity contribution in [3.63, 3.8) is 0 Å². The normalized spacial score (nSPS) is 16.4. The molecular weight excluding hydrogens is 416 g/mol. The number of aromatic amines is 1. The van der Waals surface area contributed by atoms with E-state index < -0.39 is 0 Å². The van der Waals surface area contributed by atoms with E-state index in [9.17, 15) is 0 Å². The summed E-state index contributed by atoms with van der Waals surface area (Å²) in [6.45, 7) is 7.86. The van der Waals surface area contributed by atoms with Crippen molar-refractivity contribution in [2.45, 2.75) is 5.92 Å². The minimum absolute atomic E-state index is 0.311.